The minimum Gasteiger partial charge on any atom is -0.352 e. The number of aromatic amines is 1. The second-order valence-electron chi connectivity index (χ2n) is 7.50. The summed E-state index contributed by atoms with van der Waals surface area (Å²) in [5.74, 6) is -0.344. The van der Waals surface area contributed by atoms with Gasteiger partial charge >= 0.3 is 6.18 Å². The van der Waals surface area contributed by atoms with Gasteiger partial charge in [-0.15, -0.1) is 0 Å². The van der Waals surface area contributed by atoms with Crippen LogP contribution in [0.25, 0.3) is 27.7 Å². The normalized spacial score (nSPS) is 13.1. The zero-order chi connectivity index (χ0) is 22.3. The molecule has 0 saturated carbocycles. The summed E-state index contributed by atoms with van der Waals surface area (Å²) >= 11 is 0. The number of rotatable bonds is 5. The summed E-state index contributed by atoms with van der Waals surface area (Å²) in [6, 6.07) is 1.70. The molecule has 4 aromatic rings. The number of aromatic nitrogens is 5. The molecule has 0 aromatic carbocycles. The summed E-state index contributed by atoms with van der Waals surface area (Å²) in [7, 11) is 0. The van der Waals surface area contributed by atoms with E-state index in [2.05, 4.69) is 25.4 Å². The van der Waals surface area contributed by atoms with Crippen LogP contribution < -0.4 is 10.6 Å². The molecule has 1 atom stereocenters. The average molecular weight is 431 g/mol. The summed E-state index contributed by atoms with van der Waals surface area (Å²) in [6.07, 6.45) is 1.82. The van der Waals surface area contributed by atoms with Gasteiger partial charge in [-0.25, -0.2) is 9.50 Å². The van der Waals surface area contributed by atoms with Crippen LogP contribution in [0.3, 0.4) is 0 Å². The van der Waals surface area contributed by atoms with E-state index in [1.54, 1.807) is 30.7 Å². The number of anilines is 1. The molecule has 0 spiro atoms. The first-order valence-electron chi connectivity index (χ1n) is 9.59. The molecular formula is C20H20F3N7O. The Kier molecular flexibility index (Phi) is 5.03. The summed E-state index contributed by atoms with van der Waals surface area (Å²) in [5, 5.41) is 9.94. The minimum absolute atomic E-state index is 0.0532. The highest BCUT2D eigenvalue weighted by Gasteiger charge is 2.37. The van der Waals surface area contributed by atoms with E-state index in [-0.39, 0.29) is 11.6 Å². The molecule has 0 unspecified atom stereocenters. The van der Waals surface area contributed by atoms with E-state index < -0.39 is 18.1 Å². The molecule has 4 aromatic heterocycles. The largest absolute Gasteiger partial charge is 0.408 e. The van der Waals surface area contributed by atoms with Crippen molar-refractivity contribution in [2.24, 2.45) is 0 Å². The SMILES string of the molecule is CC(C)Nc1ncc2c(-c3ccn4ncc(C(=O)N[C@H](C)C(F)(F)F)c4c3)c[nH]c2n1. The van der Waals surface area contributed by atoms with Gasteiger partial charge in [-0.1, -0.05) is 0 Å². The van der Waals surface area contributed by atoms with E-state index in [1.165, 1.54) is 10.7 Å². The first-order valence-corrected chi connectivity index (χ1v) is 9.59. The molecule has 0 aliphatic carbocycles. The van der Waals surface area contributed by atoms with Gasteiger partial charge in [0, 0.05) is 35.6 Å². The quantitative estimate of drug-likeness (QED) is 0.447. The molecule has 0 aliphatic heterocycles. The van der Waals surface area contributed by atoms with Gasteiger partial charge in [0.25, 0.3) is 5.91 Å². The monoisotopic (exact) mass is 431 g/mol. The van der Waals surface area contributed by atoms with Crippen molar-refractivity contribution in [1.82, 2.24) is 29.9 Å². The highest BCUT2D eigenvalue weighted by Crippen LogP contribution is 2.29. The number of halogens is 3. The van der Waals surface area contributed by atoms with E-state index >= 15 is 0 Å². The van der Waals surface area contributed by atoms with Crippen molar-refractivity contribution in [1.29, 1.82) is 0 Å². The van der Waals surface area contributed by atoms with E-state index in [1.807, 2.05) is 19.2 Å². The van der Waals surface area contributed by atoms with E-state index in [0.717, 1.165) is 23.4 Å². The number of alkyl halides is 3. The van der Waals surface area contributed by atoms with Crippen LogP contribution in [0, 0.1) is 0 Å². The fourth-order valence-electron chi connectivity index (χ4n) is 3.15. The van der Waals surface area contributed by atoms with Crippen LogP contribution in [-0.2, 0) is 0 Å². The zero-order valence-corrected chi connectivity index (χ0v) is 16.9. The van der Waals surface area contributed by atoms with Gasteiger partial charge in [0.05, 0.1) is 17.3 Å². The molecule has 162 valence electrons. The molecule has 4 heterocycles. The Hall–Kier alpha value is -3.63. The molecule has 4 rings (SSSR count). The molecule has 0 saturated heterocycles. The second-order valence-corrected chi connectivity index (χ2v) is 7.50. The van der Waals surface area contributed by atoms with Crippen LogP contribution in [0.2, 0.25) is 0 Å². The highest BCUT2D eigenvalue weighted by molar-refractivity contribution is 6.02. The van der Waals surface area contributed by atoms with Gasteiger partial charge in [-0.05, 0) is 38.5 Å². The number of carbonyl (C=O) groups excluding carboxylic acids is 1. The third-order valence-corrected chi connectivity index (χ3v) is 4.77. The molecule has 11 heteroatoms. The van der Waals surface area contributed by atoms with Crippen LogP contribution in [0.1, 0.15) is 31.1 Å². The predicted molar refractivity (Wildman–Crippen MR) is 110 cm³/mol. The first-order chi connectivity index (χ1) is 14.6. The minimum atomic E-state index is -4.53. The van der Waals surface area contributed by atoms with Gasteiger partial charge in [0.2, 0.25) is 5.95 Å². The summed E-state index contributed by atoms with van der Waals surface area (Å²) in [6.45, 7) is 4.86. The Morgan fingerprint density at radius 2 is 2.00 bits per heavy atom. The lowest BCUT2D eigenvalue weighted by Crippen LogP contribution is -2.43. The Bertz CT molecular complexity index is 1260. The van der Waals surface area contributed by atoms with Gasteiger partial charge in [0.15, 0.2) is 0 Å². The summed E-state index contributed by atoms with van der Waals surface area (Å²) in [4.78, 5) is 24.3. The number of hydrogen-bond donors (Lipinski definition) is 3. The van der Waals surface area contributed by atoms with Crippen LogP contribution in [-0.4, -0.2) is 48.7 Å². The van der Waals surface area contributed by atoms with Gasteiger partial charge in [-0.3, -0.25) is 4.79 Å². The summed E-state index contributed by atoms with van der Waals surface area (Å²) in [5.41, 5.74) is 2.61. The number of nitrogens with one attached hydrogen (secondary N) is 3. The lowest BCUT2D eigenvalue weighted by atomic mass is 10.1. The van der Waals surface area contributed by atoms with Crippen LogP contribution in [0.5, 0.6) is 0 Å². The lowest BCUT2D eigenvalue weighted by molar-refractivity contribution is -0.149. The molecule has 0 aliphatic rings. The van der Waals surface area contributed by atoms with Crippen molar-refractivity contribution in [3.8, 4) is 11.1 Å². The molecule has 0 bridgehead atoms. The van der Waals surface area contributed by atoms with Crippen LogP contribution in [0.4, 0.5) is 19.1 Å². The molecule has 0 fully saturated rings. The fourth-order valence-corrected chi connectivity index (χ4v) is 3.15. The first kappa shape index (κ1) is 20.6. The Morgan fingerprint density at radius 1 is 1.23 bits per heavy atom. The molecular weight excluding hydrogens is 411 g/mol. The number of pyridine rings is 1. The van der Waals surface area contributed by atoms with Crippen molar-refractivity contribution >= 4 is 28.4 Å². The van der Waals surface area contributed by atoms with Crippen LogP contribution in [0.15, 0.2) is 36.9 Å². The van der Waals surface area contributed by atoms with Crippen LogP contribution >= 0.6 is 0 Å². The topological polar surface area (TPSA) is 100 Å². The number of H-pyrrole nitrogens is 1. The maximum absolute atomic E-state index is 12.8. The lowest BCUT2D eigenvalue weighted by Gasteiger charge is -2.16. The van der Waals surface area contributed by atoms with Crippen molar-refractivity contribution in [2.45, 2.75) is 39.0 Å². The van der Waals surface area contributed by atoms with Gasteiger partial charge in [0.1, 0.15) is 11.7 Å². The van der Waals surface area contributed by atoms with Crippen molar-refractivity contribution < 1.29 is 18.0 Å². The number of amides is 1. The van der Waals surface area contributed by atoms with E-state index in [0.29, 0.717) is 17.1 Å². The molecule has 1 amide bonds. The van der Waals surface area contributed by atoms with Crippen molar-refractivity contribution in [3.05, 3.63) is 42.5 Å². The second kappa shape index (κ2) is 7.56. The third-order valence-electron chi connectivity index (χ3n) is 4.77. The highest BCUT2D eigenvalue weighted by atomic mass is 19.4. The molecule has 0 radical (unpaired) electrons. The number of hydrogen-bond acceptors (Lipinski definition) is 5. The van der Waals surface area contributed by atoms with Gasteiger partial charge in [-0.2, -0.15) is 23.3 Å². The molecule has 3 N–H and O–H groups in total. The molecule has 31 heavy (non-hydrogen) atoms. The average Bonchev–Trinajstić information content (AvgIpc) is 3.29. The zero-order valence-electron chi connectivity index (χ0n) is 16.9. The smallest absolute Gasteiger partial charge is 0.352 e. The maximum atomic E-state index is 12.8. The Balaban J connectivity index is 1.70. The number of nitrogens with zero attached hydrogens (tertiary/aromatic N) is 4. The predicted octanol–water partition coefficient (Wildman–Crippen LogP) is 3.77. The summed E-state index contributed by atoms with van der Waals surface area (Å²) < 4.78 is 39.9. The van der Waals surface area contributed by atoms with Gasteiger partial charge < -0.3 is 15.6 Å². The maximum Gasteiger partial charge on any atom is 0.408 e. The number of carbonyl (C=O) groups is 1. The van der Waals surface area contributed by atoms with Crippen molar-refractivity contribution in [3.63, 3.8) is 0 Å². The Labute approximate surface area is 174 Å². The number of fused-ring (bicyclic) bond motifs is 2. The fraction of sp³-hybridized carbons (Fsp3) is 0.300. The molecule has 8 nitrogen and oxygen atoms in total. The Morgan fingerprint density at radius 3 is 2.71 bits per heavy atom. The van der Waals surface area contributed by atoms with E-state index in [9.17, 15) is 18.0 Å². The van der Waals surface area contributed by atoms with Crippen molar-refractivity contribution in [2.75, 3.05) is 5.32 Å². The third kappa shape index (κ3) is 4.03. The standard InChI is InChI=1S/C20H20F3N7O/c1-10(2)27-19-25-8-14-13(7-24-17(14)29-19)12-4-5-30-16(6-12)15(9-26-30)18(31)28-11(3)20(21,22)23/h4-11H,1-3H3,(H,28,31)(H2,24,25,27,29)/t11-/m1/s1. The van der Waals surface area contributed by atoms with E-state index in [4.69, 9.17) is 0 Å².